The van der Waals surface area contributed by atoms with Gasteiger partial charge < -0.3 is 14.8 Å². The molecule has 2 aromatic rings. The van der Waals surface area contributed by atoms with E-state index in [2.05, 4.69) is 48.3 Å². The fourth-order valence-electron chi connectivity index (χ4n) is 3.89. The number of ether oxygens (including phenoxy) is 2. The van der Waals surface area contributed by atoms with Crippen LogP contribution in [0.25, 0.3) is 0 Å². The molecule has 1 saturated heterocycles. The molecule has 0 spiro atoms. The third kappa shape index (κ3) is 8.03. The second-order valence-corrected chi connectivity index (χ2v) is 8.07. The standard InChI is InChI=1S/C24H33ClN2O2.2ClH/c1-4-27-12-6-7-21(27)16-26-15-20-13-22(25)24(23(14-20)28-5-2)29-17-19-10-8-18(3)9-11-19;;/h8-11,13-14,21,26H,4-7,12,15-17H2,1-3H3;2*1H. The molecule has 1 N–H and O–H groups in total. The summed E-state index contributed by atoms with van der Waals surface area (Å²) in [5.74, 6) is 1.32. The van der Waals surface area contributed by atoms with Gasteiger partial charge in [0.25, 0.3) is 0 Å². The van der Waals surface area contributed by atoms with Crippen LogP contribution in [0.5, 0.6) is 11.5 Å². The van der Waals surface area contributed by atoms with Crippen LogP contribution in [0.4, 0.5) is 0 Å². The largest absolute Gasteiger partial charge is 0.490 e. The summed E-state index contributed by atoms with van der Waals surface area (Å²) in [6.07, 6.45) is 2.57. The molecule has 1 fully saturated rings. The number of hydrogen-bond acceptors (Lipinski definition) is 4. The molecule has 0 saturated carbocycles. The molecule has 0 radical (unpaired) electrons. The fourth-order valence-corrected chi connectivity index (χ4v) is 4.18. The highest BCUT2D eigenvalue weighted by Crippen LogP contribution is 2.37. The Kier molecular flexibility index (Phi) is 12.7. The van der Waals surface area contributed by atoms with Gasteiger partial charge in [0, 0.05) is 19.1 Å². The fraction of sp³-hybridized carbons (Fsp3) is 0.500. The van der Waals surface area contributed by atoms with Crippen LogP contribution >= 0.6 is 36.4 Å². The van der Waals surface area contributed by atoms with Crippen LogP contribution in [0.15, 0.2) is 36.4 Å². The first-order valence-corrected chi connectivity index (χ1v) is 11.1. The molecular formula is C24H35Cl3N2O2. The van der Waals surface area contributed by atoms with Crippen molar-refractivity contribution in [1.29, 1.82) is 0 Å². The minimum absolute atomic E-state index is 0. The van der Waals surface area contributed by atoms with E-state index in [0.29, 0.717) is 35.8 Å². The summed E-state index contributed by atoms with van der Waals surface area (Å²) in [5, 5.41) is 4.18. The van der Waals surface area contributed by atoms with Gasteiger partial charge in [-0.15, -0.1) is 24.8 Å². The van der Waals surface area contributed by atoms with Crippen molar-refractivity contribution in [3.63, 3.8) is 0 Å². The summed E-state index contributed by atoms with van der Waals surface area (Å²) in [7, 11) is 0. The predicted octanol–water partition coefficient (Wildman–Crippen LogP) is 6.04. The molecule has 7 heteroatoms. The lowest BCUT2D eigenvalue weighted by Gasteiger charge is -2.23. The Morgan fingerprint density at radius 2 is 1.81 bits per heavy atom. The summed E-state index contributed by atoms with van der Waals surface area (Å²) in [4.78, 5) is 2.55. The SMILES string of the molecule is CCOc1cc(CNCC2CCCN2CC)cc(Cl)c1OCc1ccc(C)cc1.Cl.Cl. The lowest BCUT2D eigenvalue weighted by molar-refractivity contribution is 0.259. The van der Waals surface area contributed by atoms with Gasteiger partial charge in [-0.25, -0.2) is 0 Å². The van der Waals surface area contributed by atoms with E-state index in [4.69, 9.17) is 21.1 Å². The second kappa shape index (κ2) is 14.1. The van der Waals surface area contributed by atoms with Crippen LogP contribution in [-0.4, -0.2) is 37.2 Å². The summed E-state index contributed by atoms with van der Waals surface area (Å²) >= 11 is 6.57. The third-order valence-electron chi connectivity index (χ3n) is 5.49. The molecule has 1 aliphatic heterocycles. The van der Waals surface area contributed by atoms with E-state index in [1.165, 1.54) is 24.9 Å². The van der Waals surface area contributed by atoms with Gasteiger partial charge in [-0.2, -0.15) is 0 Å². The number of benzene rings is 2. The molecule has 0 aromatic heterocycles. The van der Waals surface area contributed by atoms with Crippen LogP contribution in [-0.2, 0) is 13.2 Å². The van der Waals surface area contributed by atoms with Crippen LogP contribution in [0, 0.1) is 6.92 Å². The number of likely N-dealkylation sites (N-methyl/N-ethyl adjacent to an activating group) is 1. The van der Waals surface area contributed by atoms with Crippen LogP contribution < -0.4 is 14.8 Å². The van der Waals surface area contributed by atoms with E-state index in [0.717, 1.165) is 30.8 Å². The molecule has 4 nitrogen and oxygen atoms in total. The van der Waals surface area contributed by atoms with Crippen LogP contribution in [0.1, 0.15) is 43.4 Å². The average Bonchev–Trinajstić information content (AvgIpc) is 3.16. The van der Waals surface area contributed by atoms with E-state index in [1.807, 2.05) is 19.1 Å². The van der Waals surface area contributed by atoms with Crippen molar-refractivity contribution in [1.82, 2.24) is 10.2 Å². The number of likely N-dealkylation sites (tertiary alicyclic amines) is 1. The smallest absolute Gasteiger partial charge is 0.180 e. The van der Waals surface area contributed by atoms with Gasteiger partial charge in [0.05, 0.1) is 11.6 Å². The highest BCUT2D eigenvalue weighted by atomic mass is 35.5. The van der Waals surface area contributed by atoms with Crippen molar-refractivity contribution in [2.24, 2.45) is 0 Å². The predicted molar refractivity (Wildman–Crippen MR) is 135 cm³/mol. The molecule has 3 rings (SSSR count). The first-order chi connectivity index (χ1) is 14.1. The third-order valence-corrected chi connectivity index (χ3v) is 5.77. The Labute approximate surface area is 204 Å². The van der Waals surface area contributed by atoms with Gasteiger partial charge in [-0.3, -0.25) is 4.90 Å². The van der Waals surface area contributed by atoms with Crippen molar-refractivity contribution in [3.8, 4) is 11.5 Å². The second-order valence-electron chi connectivity index (χ2n) is 7.67. The van der Waals surface area contributed by atoms with Gasteiger partial charge in [0.1, 0.15) is 6.61 Å². The van der Waals surface area contributed by atoms with E-state index in [-0.39, 0.29) is 24.8 Å². The first kappa shape index (κ1) is 27.9. The maximum Gasteiger partial charge on any atom is 0.180 e. The molecule has 1 unspecified atom stereocenters. The molecule has 0 bridgehead atoms. The highest BCUT2D eigenvalue weighted by Gasteiger charge is 2.22. The number of nitrogens with zero attached hydrogens (tertiary/aromatic N) is 1. The van der Waals surface area contributed by atoms with Gasteiger partial charge in [0.15, 0.2) is 11.5 Å². The van der Waals surface area contributed by atoms with E-state index in [1.54, 1.807) is 0 Å². The summed E-state index contributed by atoms with van der Waals surface area (Å²) < 4.78 is 11.9. The number of nitrogens with one attached hydrogen (secondary N) is 1. The van der Waals surface area contributed by atoms with Crippen molar-refractivity contribution in [3.05, 3.63) is 58.1 Å². The van der Waals surface area contributed by atoms with Crippen molar-refractivity contribution < 1.29 is 9.47 Å². The number of aryl methyl sites for hydroxylation is 1. The summed E-state index contributed by atoms with van der Waals surface area (Å²) in [5.41, 5.74) is 3.46. The van der Waals surface area contributed by atoms with Crippen LogP contribution in [0.3, 0.4) is 0 Å². The quantitative estimate of drug-likeness (QED) is 0.441. The molecule has 1 atom stereocenters. The Morgan fingerprint density at radius 1 is 1.06 bits per heavy atom. The zero-order valence-electron chi connectivity index (χ0n) is 18.7. The Morgan fingerprint density at radius 3 is 2.48 bits per heavy atom. The van der Waals surface area contributed by atoms with E-state index >= 15 is 0 Å². The topological polar surface area (TPSA) is 33.7 Å². The molecule has 31 heavy (non-hydrogen) atoms. The minimum Gasteiger partial charge on any atom is -0.490 e. The summed E-state index contributed by atoms with van der Waals surface area (Å²) in [6.45, 7) is 11.4. The Hall–Kier alpha value is -1.17. The van der Waals surface area contributed by atoms with Crippen molar-refractivity contribution >= 4 is 36.4 Å². The van der Waals surface area contributed by atoms with Crippen molar-refractivity contribution in [2.45, 2.75) is 52.8 Å². The van der Waals surface area contributed by atoms with Gasteiger partial charge >= 0.3 is 0 Å². The van der Waals surface area contributed by atoms with Gasteiger partial charge in [0.2, 0.25) is 0 Å². The lowest BCUT2D eigenvalue weighted by Crippen LogP contribution is -2.37. The molecule has 0 amide bonds. The van der Waals surface area contributed by atoms with Crippen molar-refractivity contribution in [2.75, 3.05) is 26.2 Å². The molecule has 174 valence electrons. The number of rotatable bonds is 10. The highest BCUT2D eigenvalue weighted by molar-refractivity contribution is 6.32. The van der Waals surface area contributed by atoms with Gasteiger partial charge in [-0.05, 0) is 63.0 Å². The molecule has 1 aliphatic rings. The molecular weight excluding hydrogens is 455 g/mol. The monoisotopic (exact) mass is 488 g/mol. The van der Waals surface area contributed by atoms with Crippen LogP contribution in [0.2, 0.25) is 5.02 Å². The number of hydrogen-bond donors (Lipinski definition) is 1. The molecule has 0 aliphatic carbocycles. The number of halogens is 3. The maximum absolute atomic E-state index is 6.57. The zero-order chi connectivity index (χ0) is 20.6. The van der Waals surface area contributed by atoms with Gasteiger partial charge in [-0.1, -0.05) is 48.4 Å². The molecule has 2 aromatic carbocycles. The average molecular weight is 490 g/mol. The maximum atomic E-state index is 6.57. The zero-order valence-corrected chi connectivity index (χ0v) is 21.0. The minimum atomic E-state index is 0. The Balaban J connectivity index is 0.00000240. The first-order valence-electron chi connectivity index (χ1n) is 10.7. The molecule has 1 heterocycles. The van der Waals surface area contributed by atoms with E-state index < -0.39 is 0 Å². The Bertz CT molecular complexity index is 787. The van der Waals surface area contributed by atoms with E-state index in [9.17, 15) is 0 Å². The lowest BCUT2D eigenvalue weighted by atomic mass is 10.1. The normalized spacial score (nSPS) is 15.8. The summed E-state index contributed by atoms with van der Waals surface area (Å²) in [6, 6.07) is 13.0.